The molecule has 4 rings (SSSR count). The Bertz CT molecular complexity index is 1310. The molecule has 0 saturated carbocycles. The maximum Gasteiger partial charge on any atom is 0.433 e. The molecule has 3 aromatic heterocycles. The van der Waals surface area contributed by atoms with Gasteiger partial charge in [-0.2, -0.15) is 18.3 Å². The minimum atomic E-state index is -4.72. The molecule has 4 aromatic rings. The summed E-state index contributed by atoms with van der Waals surface area (Å²) < 4.78 is 41.7. The highest BCUT2D eigenvalue weighted by Crippen LogP contribution is 2.34. The first-order valence-electron chi connectivity index (χ1n) is 9.43. The van der Waals surface area contributed by atoms with Crippen LogP contribution in [0.2, 0.25) is 0 Å². The Balaban J connectivity index is 1.70. The van der Waals surface area contributed by atoms with Gasteiger partial charge in [0.15, 0.2) is 22.9 Å². The highest BCUT2D eigenvalue weighted by atomic mass is 32.1. The van der Waals surface area contributed by atoms with Crippen molar-refractivity contribution in [3.63, 3.8) is 0 Å². The standard InChI is InChI=1S/C21H16F3N5O2S/c1-2-13-8-9-16(32-13)14-10-17(21(22,23)24)29-18(26-14)11-15(27-29)20(30)31-28-19(25)12-6-4-3-5-7-12/h3-11H,2H2,1H3,(H2,25,28). The lowest BCUT2D eigenvalue weighted by Gasteiger charge is -2.10. The summed E-state index contributed by atoms with van der Waals surface area (Å²) in [7, 11) is 0. The molecule has 0 saturated heterocycles. The van der Waals surface area contributed by atoms with E-state index in [1.54, 1.807) is 36.4 Å². The summed E-state index contributed by atoms with van der Waals surface area (Å²) in [6.07, 6.45) is -3.96. The zero-order valence-electron chi connectivity index (χ0n) is 16.6. The van der Waals surface area contributed by atoms with Crippen molar-refractivity contribution < 1.29 is 22.8 Å². The van der Waals surface area contributed by atoms with Crippen LogP contribution in [-0.2, 0) is 17.4 Å². The van der Waals surface area contributed by atoms with E-state index in [1.165, 1.54) is 11.3 Å². The Kier molecular flexibility index (Phi) is 5.66. The molecular weight excluding hydrogens is 443 g/mol. The second-order valence-electron chi connectivity index (χ2n) is 6.66. The Morgan fingerprint density at radius 2 is 1.94 bits per heavy atom. The fourth-order valence-corrected chi connectivity index (χ4v) is 3.82. The summed E-state index contributed by atoms with van der Waals surface area (Å²) in [5.41, 5.74) is 4.83. The van der Waals surface area contributed by atoms with E-state index in [9.17, 15) is 18.0 Å². The lowest BCUT2D eigenvalue weighted by molar-refractivity contribution is -0.142. The number of carbonyl (C=O) groups is 1. The number of aromatic nitrogens is 3. The third-order valence-electron chi connectivity index (χ3n) is 4.49. The molecule has 0 spiro atoms. The van der Waals surface area contributed by atoms with E-state index < -0.39 is 17.8 Å². The van der Waals surface area contributed by atoms with Gasteiger partial charge in [0.2, 0.25) is 0 Å². The van der Waals surface area contributed by atoms with E-state index in [-0.39, 0.29) is 22.9 Å². The molecule has 2 N–H and O–H groups in total. The Morgan fingerprint density at radius 1 is 1.19 bits per heavy atom. The normalized spacial score (nSPS) is 12.3. The Hall–Kier alpha value is -3.73. The summed E-state index contributed by atoms with van der Waals surface area (Å²) in [6.45, 7) is 1.95. The maximum atomic E-state index is 13.7. The van der Waals surface area contributed by atoms with Crippen molar-refractivity contribution in [1.29, 1.82) is 0 Å². The molecule has 0 radical (unpaired) electrons. The van der Waals surface area contributed by atoms with Gasteiger partial charge in [0.25, 0.3) is 0 Å². The zero-order chi connectivity index (χ0) is 22.9. The predicted molar refractivity (Wildman–Crippen MR) is 113 cm³/mol. The van der Waals surface area contributed by atoms with Crippen LogP contribution in [0.15, 0.2) is 59.8 Å². The van der Waals surface area contributed by atoms with Gasteiger partial charge in [-0.3, -0.25) is 0 Å². The number of aryl methyl sites for hydroxylation is 1. The zero-order valence-corrected chi connectivity index (χ0v) is 17.4. The van der Waals surface area contributed by atoms with Crippen molar-refractivity contribution in [2.24, 2.45) is 10.9 Å². The van der Waals surface area contributed by atoms with E-state index in [0.717, 1.165) is 23.4 Å². The van der Waals surface area contributed by atoms with E-state index in [1.807, 2.05) is 13.0 Å². The molecule has 32 heavy (non-hydrogen) atoms. The van der Waals surface area contributed by atoms with Crippen LogP contribution in [0.5, 0.6) is 0 Å². The number of oxime groups is 1. The van der Waals surface area contributed by atoms with Crippen LogP contribution in [0.4, 0.5) is 13.2 Å². The van der Waals surface area contributed by atoms with Crippen molar-refractivity contribution in [3.8, 4) is 10.6 Å². The molecule has 0 amide bonds. The third kappa shape index (κ3) is 4.33. The summed E-state index contributed by atoms with van der Waals surface area (Å²) in [6, 6.07) is 14.1. The van der Waals surface area contributed by atoms with Crippen LogP contribution < -0.4 is 5.73 Å². The molecule has 3 heterocycles. The number of carbonyl (C=O) groups excluding carboxylic acids is 1. The van der Waals surface area contributed by atoms with Crippen LogP contribution in [0.3, 0.4) is 0 Å². The van der Waals surface area contributed by atoms with Crippen molar-refractivity contribution in [2.45, 2.75) is 19.5 Å². The van der Waals surface area contributed by atoms with Crippen LogP contribution >= 0.6 is 11.3 Å². The smallest absolute Gasteiger partial charge is 0.380 e. The number of hydrogen-bond acceptors (Lipinski definition) is 6. The van der Waals surface area contributed by atoms with E-state index in [2.05, 4.69) is 15.2 Å². The van der Waals surface area contributed by atoms with Crippen LogP contribution in [0.25, 0.3) is 16.2 Å². The predicted octanol–water partition coefficient (Wildman–Crippen LogP) is 4.52. The molecule has 0 aliphatic heterocycles. The Labute approximate surface area is 183 Å². The average Bonchev–Trinajstić information content (AvgIpc) is 3.43. The summed E-state index contributed by atoms with van der Waals surface area (Å²) >= 11 is 1.35. The maximum absolute atomic E-state index is 13.7. The first-order valence-corrected chi connectivity index (χ1v) is 10.2. The molecule has 11 heteroatoms. The number of alkyl halides is 3. The van der Waals surface area contributed by atoms with Crippen molar-refractivity contribution in [2.75, 3.05) is 0 Å². The van der Waals surface area contributed by atoms with Crippen LogP contribution in [0, 0.1) is 0 Å². The molecular formula is C21H16F3N5O2S. The van der Waals surface area contributed by atoms with Gasteiger partial charge in [-0.05, 0) is 24.6 Å². The number of halogens is 3. The second-order valence-corrected chi connectivity index (χ2v) is 7.83. The van der Waals surface area contributed by atoms with E-state index >= 15 is 0 Å². The van der Waals surface area contributed by atoms with Gasteiger partial charge in [0.05, 0.1) is 10.6 Å². The topological polar surface area (TPSA) is 94.9 Å². The highest BCUT2D eigenvalue weighted by molar-refractivity contribution is 7.15. The number of amidine groups is 1. The number of fused-ring (bicyclic) bond motifs is 1. The molecule has 0 unspecified atom stereocenters. The van der Waals surface area contributed by atoms with Gasteiger partial charge < -0.3 is 10.6 Å². The Morgan fingerprint density at radius 3 is 2.59 bits per heavy atom. The van der Waals surface area contributed by atoms with Gasteiger partial charge >= 0.3 is 12.1 Å². The van der Waals surface area contributed by atoms with E-state index in [0.29, 0.717) is 15.0 Å². The first-order chi connectivity index (χ1) is 15.3. The van der Waals surface area contributed by atoms with E-state index in [4.69, 9.17) is 10.6 Å². The molecule has 0 atom stereocenters. The quantitative estimate of drug-likeness (QED) is 0.205. The fraction of sp³-hybridized carbons (Fsp3) is 0.143. The van der Waals surface area contributed by atoms with Gasteiger partial charge in [0, 0.05) is 16.5 Å². The van der Waals surface area contributed by atoms with Crippen molar-refractivity contribution in [3.05, 3.63) is 76.4 Å². The minimum Gasteiger partial charge on any atom is -0.380 e. The second kappa shape index (κ2) is 8.42. The number of rotatable bonds is 5. The molecule has 164 valence electrons. The molecule has 0 fully saturated rings. The number of thiophene rings is 1. The lowest BCUT2D eigenvalue weighted by atomic mass is 10.2. The summed E-state index contributed by atoms with van der Waals surface area (Å²) in [5, 5.41) is 7.28. The van der Waals surface area contributed by atoms with Crippen LogP contribution in [0.1, 0.15) is 33.5 Å². The van der Waals surface area contributed by atoms with Gasteiger partial charge in [0.1, 0.15) is 0 Å². The summed E-state index contributed by atoms with van der Waals surface area (Å²) in [4.78, 5) is 23.0. The van der Waals surface area contributed by atoms with Gasteiger partial charge in [-0.15, -0.1) is 11.3 Å². The molecule has 7 nitrogen and oxygen atoms in total. The number of nitrogens with zero attached hydrogens (tertiary/aromatic N) is 4. The largest absolute Gasteiger partial charge is 0.433 e. The van der Waals surface area contributed by atoms with Crippen molar-refractivity contribution >= 4 is 28.8 Å². The monoisotopic (exact) mass is 459 g/mol. The highest BCUT2D eigenvalue weighted by Gasteiger charge is 2.36. The van der Waals surface area contributed by atoms with Gasteiger partial charge in [-0.1, -0.05) is 42.4 Å². The number of hydrogen-bond donors (Lipinski definition) is 1. The number of benzene rings is 1. The average molecular weight is 459 g/mol. The summed E-state index contributed by atoms with van der Waals surface area (Å²) in [5.74, 6) is -1.13. The van der Waals surface area contributed by atoms with Gasteiger partial charge in [-0.25, -0.2) is 14.3 Å². The van der Waals surface area contributed by atoms with Crippen molar-refractivity contribution in [1.82, 2.24) is 14.6 Å². The molecule has 1 aromatic carbocycles. The minimum absolute atomic E-state index is 0.0662. The SMILES string of the molecule is CCc1ccc(-c2cc(C(F)(F)F)n3nc(C(=O)O/N=C(\N)c4ccccc4)cc3n2)s1. The first kappa shape index (κ1) is 21.5. The fourth-order valence-electron chi connectivity index (χ4n) is 2.91. The lowest BCUT2D eigenvalue weighted by Crippen LogP contribution is -2.16. The molecule has 0 aliphatic carbocycles. The number of nitrogens with two attached hydrogens (primary N) is 1. The molecule has 0 aliphatic rings. The molecule has 0 bridgehead atoms. The van der Waals surface area contributed by atoms with Crippen LogP contribution in [-0.4, -0.2) is 26.4 Å². The third-order valence-corrected chi connectivity index (χ3v) is 5.74.